The zero-order chi connectivity index (χ0) is 12.4. The molecule has 0 aliphatic carbocycles. The van der Waals surface area contributed by atoms with Crippen molar-refractivity contribution in [1.82, 2.24) is 4.98 Å². The number of carbonyl (C=O) groups is 1. The molecule has 1 aromatic heterocycles. The number of aromatic nitrogens is 1. The number of Topliss-reactive ketones (excluding diaryl/α,β-unsaturated/α-hetero) is 1. The number of thiazole rings is 1. The van der Waals surface area contributed by atoms with Crippen LogP contribution in [0.25, 0.3) is 0 Å². The molecule has 2 aromatic rings. The largest absolute Gasteiger partial charge is 0.294 e. The van der Waals surface area contributed by atoms with E-state index in [4.69, 9.17) is 0 Å². The Bertz CT molecular complexity index is 534. The predicted octanol–water partition coefficient (Wildman–Crippen LogP) is 3.61. The second kappa shape index (κ2) is 5.01. The van der Waals surface area contributed by atoms with Gasteiger partial charge < -0.3 is 0 Å². The second-order valence-corrected chi connectivity index (χ2v) is 5.20. The van der Waals surface area contributed by atoms with Gasteiger partial charge in [-0.05, 0) is 12.1 Å². The van der Waals surface area contributed by atoms with E-state index in [1.807, 2.05) is 0 Å². The number of rotatable bonds is 3. The molecule has 1 heterocycles. The first kappa shape index (κ1) is 12.3. The Kier molecular flexibility index (Phi) is 3.63. The van der Waals surface area contributed by atoms with Crippen molar-refractivity contribution in [2.24, 2.45) is 0 Å². The van der Waals surface area contributed by atoms with Crippen LogP contribution < -0.4 is 0 Å². The summed E-state index contributed by atoms with van der Waals surface area (Å²) in [7, 11) is 0. The summed E-state index contributed by atoms with van der Waals surface area (Å²) in [4.78, 5) is 16.2. The molecule has 0 bridgehead atoms. The van der Waals surface area contributed by atoms with Gasteiger partial charge in [0.2, 0.25) is 0 Å². The van der Waals surface area contributed by atoms with Crippen LogP contribution in [0.1, 0.15) is 15.2 Å². The Morgan fingerprint density at radius 1 is 1.35 bits per heavy atom. The molecule has 17 heavy (non-hydrogen) atoms. The molecule has 2 nitrogen and oxygen atoms in total. The first-order chi connectivity index (χ1) is 8.08. The van der Waals surface area contributed by atoms with Gasteiger partial charge in [-0.1, -0.05) is 15.9 Å². The van der Waals surface area contributed by atoms with E-state index in [0.717, 1.165) is 12.1 Å². The van der Waals surface area contributed by atoms with Gasteiger partial charge >= 0.3 is 0 Å². The quantitative estimate of drug-likeness (QED) is 0.809. The SMILES string of the molecule is O=C(Cc1cncs1)c1c(F)cc(Br)cc1F. The van der Waals surface area contributed by atoms with Crippen LogP contribution in [0.4, 0.5) is 8.78 Å². The van der Waals surface area contributed by atoms with Crippen LogP contribution >= 0.6 is 27.3 Å². The molecule has 0 saturated heterocycles. The average Bonchev–Trinajstić information content (AvgIpc) is 2.68. The zero-order valence-corrected chi connectivity index (χ0v) is 10.8. The molecule has 0 aliphatic heterocycles. The number of carbonyl (C=O) groups excluding carboxylic acids is 1. The van der Waals surface area contributed by atoms with Crippen molar-refractivity contribution in [3.8, 4) is 0 Å². The second-order valence-electron chi connectivity index (χ2n) is 3.31. The van der Waals surface area contributed by atoms with Crippen molar-refractivity contribution < 1.29 is 13.6 Å². The fourth-order valence-electron chi connectivity index (χ4n) is 1.38. The number of hydrogen-bond acceptors (Lipinski definition) is 3. The highest BCUT2D eigenvalue weighted by atomic mass is 79.9. The lowest BCUT2D eigenvalue weighted by Gasteiger charge is -2.03. The maximum Gasteiger partial charge on any atom is 0.174 e. The molecule has 0 spiro atoms. The van der Waals surface area contributed by atoms with Gasteiger partial charge in [-0.2, -0.15) is 0 Å². The Hall–Kier alpha value is -1.14. The first-order valence-electron chi connectivity index (χ1n) is 4.63. The summed E-state index contributed by atoms with van der Waals surface area (Å²) in [6.07, 6.45) is 1.47. The summed E-state index contributed by atoms with van der Waals surface area (Å²) in [6, 6.07) is 2.14. The van der Waals surface area contributed by atoms with Gasteiger partial charge in [0.05, 0.1) is 11.1 Å². The lowest BCUT2D eigenvalue weighted by Crippen LogP contribution is -2.08. The Labute approximate surface area is 108 Å². The van der Waals surface area contributed by atoms with Crippen LogP contribution in [0.15, 0.2) is 28.3 Å². The van der Waals surface area contributed by atoms with E-state index in [2.05, 4.69) is 20.9 Å². The van der Waals surface area contributed by atoms with E-state index >= 15 is 0 Å². The number of halogens is 3. The molecular formula is C11H6BrF2NOS. The van der Waals surface area contributed by atoms with Gasteiger partial charge in [0, 0.05) is 22.0 Å². The molecule has 0 N–H and O–H groups in total. The van der Waals surface area contributed by atoms with Gasteiger partial charge in [0.15, 0.2) is 5.78 Å². The molecule has 88 valence electrons. The van der Waals surface area contributed by atoms with Crippen LogP contribution in [0.2, 0.25) is 0 Å². The van der Waals surface area contributed by atoms with Crippen molar-refractivity contribution in [1.29, 1.82) is 0 Å². The number of benzene rings is 1. The maximum absolute atomic E-state index is 13.5. The normalized spacial score (nSPS) is 10.5. The van der Waals surface area contributed by atoms with Crippen LogP contribution in [0, 0.1) is 11.6 Å². The third-order valence-corrected chi connectivity index (χ3v) is 3.34. The lowest BCUT2D eigenvalue weighted by atomic mass is 10.1. The monoisotopic (exact) mass is 317 g/mol. The summed E-state index contributed by atoms with van der Waals surface area (Å²) in [6.45, 7) is 0. The first-order valence-corrected chi connectivity index (χ1v) is 6.30. The van der Waals surface area contributed by atoms with Crippen LogP contribution in [0.5, 0.6) is 0 Å². The van der Waals surface area contributed by atoms with Crippen LogP contribution in [-0.4, -0.2) is 10.8 Å². The standard InChI is InChI=1S/C11H6BrF2NOS/c12-6-1-8(13)11(9(14)2-6)10(16)3-7-4-15-5-17-7/h1-2,4-5H,3H2. The molecule has 0 unspecified atom stereocenters. The lowest BCUT2D eigenvalue weighted by molar-refractivity contribution is 0.0985. The average molecular weight is 318 g/mol. The molecule has 0 radical (unpaired) electrons. The fourth-order valence-corrected chi connectivity index (χ4v) is 2.38. The van der Waals surface area contributed by atoms with Crippen LogP contribution in [0.3, 0.4) is 0 Å². The van der Waals surface area contributed by atoms with Crippen molar-refractivity contribution in [3.05, 3.63) is 50.4 Å². The minimum absolute atomic E-state index is 0.0415. The topological polar surface area (TPSA) is 30.0 Å². The van der Waals surface area contributed by atoms with Crippen molar-refractivity contribution >= 4 is 33.0 Å². The van der Waals surface area contributed by atoms with E-state index in [1.54, 1.807) is 5.51 Å². The molecular weight excluding hydrogens is 312 g/mol. The number of hydrogen-bond donors (Lipinski definition) is 0. The highest BCUT2D eigenvalue weighted by molar-refractivity contribution is 9.10. The minimum Gasteiger partial charge on any atom is -0.294 e. The Balaban J connectivity index is 2.31. The third kappa shape index (κ3) is 2.76. The van der Waals surface area contributed by atoms with Gasteiger partial charge in [0.25, 0.3) is 0 Å². The number of ketones is 1. The van der Waals surface area contributed by atoms with E-state index in [-0.39, 0.29) is 10.9 Å². The Morgan fingerprint density at radius 3 is 2.53 bits per heavy atom. The highest BCUT2D eigenvalue weighted by Gasteiger charge is 2.18. The molecule has 0 amide bonds. The van der Waals surface area contributed by atoms with E-state index in [9.17, 15) is 13.6 Å². The fraction of sp³-hybridized carbons (Fsp3) is 0.0909. The summed E-state index contributed by atoms with van der Waals surface area (Å²) in [5.74, 6) is -2.30. The summed E-state index contributed by atoms with van der Waals surface area (Å²) < 4.78 is 27.2. The molecule has 6 heteroatoms. The molecule has 0 aliphatic rings. The van der Waals surface area contributed by atoms with Crippen molar-refractivity contribution in [3.63, 3.8) is 0 Å². The third-order valence-electron chi connectivity index (χ3n) is 2.10. The molecule has 1 aromatic carbocycles. The molecule has 0 atom stereocenters. The van der Waals surface area contributed by atoms with Gasteiger partial charge in [-0.3, -0.25) is 9.78 Å². The maximum atomic E-state index is 13.5. The van der Waals surface area contributed by atoms with E-state index < -0.39 is 23.0 Å². The molecule has 2 rings (SSSR count). The van der Waals surface area contributed by atoms with Gasteiger partial charge in [-0.15, -0.1) is 11.3 Å². The molecule has 0 saturated carbocycles. The van der Waals surface area contributed by atoms with Crippen LogP contribution in [-0.2, 0) is 6.42 Å². The Morgan fingerprint density at radius 2 is 2.00 bits per heavy atom. The zero-order valence-electron chi connectivity index (χ0n) is 8.41. The smallest absolute Gasteiger partial charge is 0.174 e. The summed E-state index contributed by atoms with van der Waals surface area (Å²) in [5, 5.41) is 0. The highest BCUT2D eigenvalue weighted by Crippen LogP contribution is 2.21. The van der Waals surface area contributed by atoms with E-state index in [0.29, 0.717) is 4.88 Å². The minimum atomic E-state index is -0.855. The van der Waals surface area contributed by atoms with Crippen molar-refractivity contribution in [2.75, 3.05) is 0 Å². The van der Waals surface area contributed by atoms with Crippen molar-refractivity contribution in [2.45, 2.75) is 6.42 Å². The van der Waals surface area contributed by atoms with Gasteiger partial charge in [0.1, 0.15) is 11.6 Å². The summed E-state index contributed by atoms with van der Waals surface area (Å²) in [5.41, 5.74) is 1.07. The van der Waals surface area contributed by atoms with Gasteiger partial charge in [-0.25, -0.2) is 8.78 Å². The number of nitrogens with zero attached hydrogens (tertiary/aromatic N) is 1. The summed E-state index contributed by atoms with van der Waals surface area (Å²) >= 11 is 4.23. The molecule has 0 fully saturated rings. The van der Waals surface area contributed by atoms with E-state index in [1.165, 1.54) is 17.5 Å². The predicted molar refractivity (Wildman–Crippen MR) is 64.2 cm³/mol.